The van der Waals surface area contributed by atoms with Crippen LogP contribution >= 0.6 is 11.6 Å². The molecule has 2 aromatic carbocycles. The lowest BCUT2D eigenvalue weighted by molar-refractivity contribution is 0.324. The van der Waals surface area contributed by atoms with Gasteiger partial charge in [-0.3, -0.25) is 0 Å². The molecule has 0 aliphatic heterocycles. The van der Waals surface area contributed by atoms with Gasteiger partial charge in [0, 0.05) is 35.0 Å². The number of guanidine groups is 1. The molecule has 0 saturated heterocycles. The zero-order chi connectivity index (χ0) is 21.2. The van der Waals surface area contributed by atoms with Crippen molar-refractivity contribution in [1.29, 1.82) is 0 Å². The maximum Gasteiger partial charge on any atom is 0.203 e. The lowest BCUT2D eigenvalue weighted by atomic mass is 10.2. The Bertz CT molecular complexity index is 818. The highest BCUT2D eigenvalue weighted by Crippen LogP contribution is 2.39. The third-order valence-corrected chi connectivity index (χ3v) is 4.24. The number of nitrogens with zero attached hydrogens (tertiary/aromatic N) is 1. The van der Waals surface area contributed by atoms with Crippen molar-refractivity contribution in [3.63, 3.8) is 0 Å². The molecule has 158 valence electrons. The maximum atomic E-state index is 6.08. The summed E-state index contributed by atoms with van der Waals surface area (Å²) in [5.41, 5.74) is 1.69. The number of nitrogens with one attached hydrogen (secondary N) is 2. The van der Waals surface area contributed by atoms with E-state index in [-0.39, 0.29) is 0 Å². The van der Waals surface area contributed by atoms with Crippen LogP contribution in [0.2, 0.25) is 5.02 Å². The Morgan fingerprint density at radius 3 is 2.21 bits per heavy atom. The van der Waals surface area contributed by atoms with Crippen LogP contribution in [-0.2, 0) is 6.54 Å². The smallest absolute Gasteiger partial charge is 0.203 e. The van der Waals surface area contributed by atoms with Crippen LogP contribution < -0.4 is 29.6 Å². The minimum atomic E-state index is 0.423. The molecule has 7 nitrogen and oxygen atoms in total. The van der Waals surface area contributed by atoms with Gasteiger partial charge < -0.3 is 29.6 Å². The molecule has 0 fully saturated rings. The summed E-state index contributed by atoms with van der Waals surface area (Å²) in [6, 6.07) is 9.19. The zero-order valence-corrected chi connectivity index (χ0v) is 18.2. The van der Waals surface area contributed by atoms with Gasteiger partial charge in [-0.15, -0.1) is 0 Å². The first-order chi connectivity index (χ1) is 14.1. The molecule has 0 unspecified atom stereocenters. The van der Waals surface area contributed by atoms with Crippen molar-refractivity contribution in [2.24, 2.45) is 4.99 Å². The summed E-state index contributed by atoms with van der Waals surface area (Å²) in [7, 11) is 4.73. The number of aliphatic imine (C=N–C) groups is 1. The predicted molar refractivity (Wildman–Crippen MR) is 117 cm³/mol. The van der Waals surface area contributed by atoms with E-state index < -0.39 is 0 Å². The molecule has 0 radical (unpaired) electrons. The fourth-order valence-corrected chi connectivity index (χ4v) is 2.87. The summed E-state index contributed by atoms with van der Waals surface area (Å²) in [5, 5.41) is 7.13. The van der Waals surface area contributed by atoms with Crippen LogP contribution in [0.25, 0.3) is 0 Å². The van der Waals surface area contributed by atoms with E-state index in [1.807, 2.05) is 38.1 Å². The van der Waals surface area contributed by atoms with Crippen LogP contribution in [0.1, 0.15) is 19.4 Å². The molecule has 29 heavy (non-hydrogen) atoms. The van der Waals surface area contributed by atoms with Gasteiger partial charge in [0.15, 0.2) is 17.5 Å². The largest absolute Gasteiger partial charge is 0.493 e. The normalized spacial score (nSPS) is 11.0. The average molecular weight is 422 g/mol. The SMILES string of the molecule is CCNC(=NCc1ccc(Cl)cc1OCC)Nc1cc(OC)c(OC)c(OC)c1. The molecule has 0 aliphatic rings. The number of rotatable bonds is 9. The van der Waals surface area contributed by atoms with E-state index in [4.69, 9.17) is 30.5 Å². The van der Waals surface area contributed by atoms with E-state index >= 15 is 0 Å². The van der Waals surface area contributed by atoms with E-state index in [1.165, 1.54) is 0 Å². The predicted octanol–water partition coefficient (Wildman–Crippen LogP) is 4.34. The number of hydrogen-bond donors (Lipinski definition) is 2. The number of hydrogen-bond acceptors (Lipinski definition) is 5. The van der Waals surface area contributed by atoms with Gasteiger partial charge in [-0.2, -0.15) is 0 Å². The molecule has 2 aromatic rings. The second kappa shape index (κ2) is 11.3. The summed E-state index contributed by atoms with van der Waals surface area (Å²) in [6.45, 7) is 5.62. The summed E-state index contributed by atoms with van der Waals surface area (Å²) in [6.07, 6.45) is 0. The van der Waals surface area contributed by atoms with Gasteiger partial charge in [0.1, 0.15) is 5.75 Å². The molecule has 8 heteroatoms. The van der Waals surface area contributed by atoms with Gasteiger partial charge in [-0.05, 0) is 26.0 Å². The second-order valence-electron chi connectivity index (χ2n) is 5.92. The Morgan fingerprint density at radius 2 is 1.66 bits per heavy atom. The second-order valence-corrected chi connectivity index (χ2v) is 6.36. The van der Waals surface area contributed by atoms with E-state index in [2.05, 4.69) is 15.6 Å². The molecule has 0 amide bonds. The monoisotopic (exact) mass is 421 g/mol. The number of benzene rings is 2. The highest BCUT2D eigenvalue weighted by molar-refractivity contribution is 6.30. The third kappa shape index (κ3) is 6.09. The van der Waals surface area contributed by atoms with Crippen molar-refractivity contribution in [2.75, 3.05) is 39.8 Å². The van der Waals surface area contributed by atoms with Crippen molar-refractivity contribution in [1.82, 2.24) is 5.32 Å². The van der Waals surface area contributed by atoms with Crippen molar-refractivity contribution >= 4 is 23.2 Å². The number of anilines is 1. The molecule has 0 atom stereocenters. The molecular formula is C21H28ClN3O4. The highest BCUT2D eigenvalue weighted by atomic mass is 35.5. The summed E-state index contributed by atoms with van der Waals surface area (Å²) in [4.78, 5) is 4.66. The van der Waals surface area contributed by atoms with Crippen molar-refractivity contribution in [3.8, 4) is 23.0 Å². The first kappa shape index (κ1) is 22.5. The number of halogens is 1. The Morgan fingerprint density at radius 1 is 0.966 bits per heavy atom. The summed E-state index contributed by atoms with van der Waals surface area (Å²) >= 11 is 6.08. The average Bonchev–Trinajstić information content (AvgIpc) is 2.72. The van der Waals surface area contributed by atoms with Crippen LogP contribution in [0, 0.1) is 0 Å². The van der Waals surface area contributed by atoms with E-state index in [0.717, 1.165) is 17.0 Å². The van der Waals surface area contributed by atoms with Crippen LogP contribution in [0.3, 0.4) is 0 Å². The van der Waals surface area contributed by atoms with Gasteiger partial charge in [-0.25, -0.2) is 4.99 Å². The van der Waals surface area contributed by atoms with Crippen LogP contribution in [0.5, 0.6) is 23.0 Å². The molecule has 0 saturated carbocycles. The zero-order valence-electron chi connectivity index (χ0n) is 17.5. The fraction of sp³-hybridized carbons (Fsp3) is 0.381. The van der Waals surface area contributed by atoms with E-state index in [1.54, 1.807) is 27.4 Å². The Hall–Kier alpha value is -2.80. The molecule has 0 bridgehead atoms. The van der Waals surface area contributed by atoms with E-state index in [0.29, 0.717) is 47.9 Å². The van der Waals surface area contributed by atoms with Crippen molar-refractivity contribution < 1.29 is 18.9 Å². The Balaban J connectivity index is 2.29. The van der Waals surface area contributed by atoms with Crippen LogP contribution in [0.4, 0.5) is 5.69 Å². The maximum absolute atomic E-state index is 6.08. The molecule has 0 aromatic heterocycles. The first-order valence-electron chi connectivity index (χ1n) is 9.32. The molecular weight excluding hydrogens is 394 g/mol. The van der Waals surface area contributed by atoms with Gasteiger partial charge >= 0.3 is 0 Å². The fourth-order valence-electron chi connectivity index (χ4n) is 2.71. The third-order valence-electron chi connectivity index (χ3n) is 4.01. The van der Waals surface area contributed by atoms with Crippen LogP contribution in [-0.4, -0.2) is 40.4 Å². The molecule has 2 rings (SSSR count). The molecule has 0 spiro atoms. The van der Waals surface area contributed by atoms with Gasteiger partial charge in [0.2, 0.25) is 5.75 Å². The topological polar surface area (TPSA) is 73.3 Å². The Kier molecular flexibility index (Phi) is 8.73. The number of ether oxygens (including phenoxy) is 4. The standard InChI is InChI=1S/C21H28ClN3O4/c1-6-23-21(24-13-14-8-9-15(22)10-17(14)29-7-2)25-16-11-18(26-3)20(28-5)19(12-16)27-4/h8-12H,6-7,13H2,1-5H3,(H2,23,24,25). The minimum absolute atomic E-state index is 0.423. The van der Waals surface area contributed by atoms with Gasteiger partial charge in [0.25, 0.3) is 0 Å². The number of methoxy groups -OCH3 is 3. The Labute approximate surface area is 177 Å². The summed E-state index contributed by atoms with van der Waals surface area (Å²) in [5.74, 6) is 2.99. The van der Waals surface area contributed by atoms with Crippen molar-refractivity contribution in [2.45, 2.75) is 20.4 Å². The lowest BCUT2D eigenvalue weighted by Gasteiger charge is -2.16. The quantitative estimate of drug-likeness (QED) is 0.463. The van der Waals surface area contributed by atoms with Crippen molar-refractivity contribution in [3.05, 3.63) is 40.9 Å². The van der Waals surface area contributed by atoms with Gasteiger partial charge in [-0.1, -0.05) is 17.7 Å². The minimum Gasteiger partial charge on any atom is -0.493 e. The molecule has 0 aliphatic carbocycles. The highest BCUT2D eigenvalue weighted by Gasteiger charge is 2.14. The van der Waals surface area contributed by atoms with Gasteiger partial charge in [0.05, 0.1) is 34.5 Å². The van der Waals surface area contributed by atoms with E-state index in [9.17, 15) is 0 Å². The first-order valence-corrected chi connectivity index (χ1v) is 9.70. The lowest BCUT2D eigenvalue weighted by Crippen LogP contribution is -2.30. The summed E-state index contributed by atoms with van der Waals surface area (Å²) < 4.78 is 21.9. The van der Waals surface area contributed by atoms with Crippen LogP contribution in [0.15, 0.2) is 35.3 Å². The molecule has 0 heterocycles. The molecule has 2 N–H and O–H groups in total.